The standard InChI is InChI=1S/C14H27N3O4Si4/c1-22(2)18-23(3,12-6-9-15)20-25(5,14-8-11-17)21-24(4,19-22)13-7-10-16/h6-8,12-14H2,1-5H3. The Hall–Kier alpha value is -0.822. The predicted octanol–water partition coefficient (Wildman–Crippen LogP) is 3.73. The topological polar surface area (TPSA) is 108 Å². The van der Waals surface area contributed by atoms with Crippen LogP contribution in [0.5, 0.6) is 0 Å². The van der Waals surface area contributed by atoms with Gasteiger partial charge in [0, 0.05) is 37.4 Å². The Morgan fingerprint density at radius 3 is 1.12 bits per heavy atom. The fourth-order valence-corrected chi connectivity index (χ4v) is 25.1. The molecule has 1 heterocycles. The molecule has 0 bridgehead atoms. The van der Waals surface area contributed by atoms with Crippen LogP contribution >= 0.6 is 0 Å². The molecule has 0 aromatic heterocycles. The summed E-state index contributed by atoms with van der Waals surface area (Å²) >= 11 is 0. The maximum Gasteiger partial charge on any atom is 0.318 e. The van der Waals surface area contributed by atoms with E-state index in [0.717, 1.165) is 0 Å². The van der Waals surface area contributed by atoms with Gasteiger partial charge in [0.05, 0.1) is 18.2 Å². The largest absolute Gasteiger partial charge is 0.416 e. The highest BCUT2D eigenvalue weighted by molar-refractivity contribution is 6.93. The minimum atomic E-state index is -2.72. The van der Waals surface area contributed by atoms with E-state index < -0.39 is 34.2 Å². The van der Waals surface area contributed by atoms with Gasteiger partial charge in [-0.25, -0.2) is 0 Å². The third-order valence-electron chi connectivity index (χ3n) is 3.86. The zero-order chi connectivity index (χ0) is 19.2. The molecule has 0 aromatic carbocycles. The highest BCUT2D eigenvalue weighted by Crippen LogP contribution is 2.36. The average molecular weight is 414 g/mol. The van der Waals surface area contributed by atoms with Crippen LogP contribution in [-0.2, 0) is 16.5 Å². The number of hydrogen-bond acceptors (Lipinski definition) is 7. The van der Waals surface area contributed by atoms with Crippen molar-refractivity contribution in [1.82, 2.24) is 0 Å². The molecule has 2 atom stereocenters. The van der Waals surface area contributed by atoms with Crippen molar-refractivity contribution in [2.45, 2.75) is 70.1 Å². The van der Waals surface area contributed by atoms with E-state index in [4.69, 9.17) is 32.2 Å². The Morgan fingerprint density at radius 2 is 0.840 bits per heavy atom. The van der Waals surface area contributed by atoms with Crippen LogP contribution < -0.4 is 0 Å². The summed E-state index contributed by atoms with van der Waals surface area (Å²) in [4.78, 5) is 0. The molecular weight excluding hydrogens is 387 g/mol. The van der Waals surface area contributed by atoms with Crippen molar-refractivity contribution in [3.05, 3.63) is 0 Å². The highest BCUT2D eigenvalue weighted by Gasteiger charge is 2.55. The van der Waals surface area contributed by atoms with Crippen molar-refractivity contribution in [3.8, 4) is 18.2 Å². The van der Waals surface area contributed by atoms with Gasteiger partial charge in [0.2, 0.25) is 0 Å². The third kappa shape index (κ3) is 7.13. The smallest absolute Gasteiger partial charge is 0.318 e. The maximum absolute atomic E-state index is 9.01. The van der Waals surface area contributed by atoms with E-state index in [1.165, 1.54) is 0 Å². The van der Waals surface area contributed by atoms with Crippen LogP contribution in [-0.4, -0.2) is 34.2 Å². The first kappa shape index (κ1) is 22.2. The summed E-state index contributed by atoms with van der Waals surface area (Å²) in [6.45, 7) is 9.81. The lowest BCUT2D eigenvalue weighted by Gasteiger charge is -2.49. The third-order valence-corrected chi connectivity index (χ3v) is 21.6. The molecule has 1 fully saturated rings. The predicted molar refractivity (Wildman–Crippen MR) is 102 cm³/mol. The van der Waals surface area contributed by atoms with Crippen molar-refractivity contribution >= 4 is 34.2 Å². The lowest BCUT2D eigenvalue weighted by Crippen LogP contribution is -2.66. The summed E-state index contributed by atoms with van der Waals surface area (Å²) in [5.74, 6) is 0. The molecule has 2 unspecified atom stereocenters. The minimum Gasteiger partial charge on any atom is -0.416 e. The highest BCUT2D eigenvalue weighted by atomic mass is 28.5. The second-order valence-corrected chi connectivity index (χ2v) is 21.6. The molecule has 0 aliphatic carbocycles. The molecule has 1 aliphatic heterocycles. The fourth-order valence-electron chi connectivity index (χ4n) is 3.19. The lowest BCUT2D eigenvalue weighted by atomic mass is 10.6. The maximum atomic E-state index is 9.01. The molecule has 1 saturated heterocycles. The molecule has 0 saturated carbocycles. The summed E-state index contributed by atoms with van der Waals surface area (Å²) in [6.07, 6.45) is 1.06. The SMILES string of the molecule is C[Si]1(C)O[Si](C)(CCC#N)O[Si](C)(CCC#N)O[Si](C)(CCC#N)O1. The van der Waals surface area contributed by atoms with Crippen molar-refractivity contribution in [1.29, 1.82) is 15.8 Å². The molecule has 0 spiro atoms. The number of hydrogen-bond donors (Lipinski definition) is 0. The van der Waals surface area contributed by atoms with Crippen LogP contribution in [0.2, 0.25) is 50.9 Å². The molecule has 0 radical (unpaired) electrons. The van der Waals surface area contributed by atoms with Crippen molar-refractivity contribution in [2.75, 3.05) is 0 Å². The van der Waals surface area contributed by atoms with Gasteiger partial charge in [-0.15, -0.1) is 0 Å². The first-order valence-electron chi connectivity index (χ1n) is 8.43. The van der Waals surface area contributed by atoms with E-state index in [1.54, 1.807) is 0 Å². The second-order valence-electron chi connectivity index (χ2n) is 7.18. The first-order valence-corrected chi connectivity index (χ1v) is 18.8. The summed E-state index contributed by atoms with van der Waals surface area (Å²) in [6, 6.07) is 8.12. The summed E-state index contributed by atoms with van der Waals surface area (Å²) in [5.41, 5.74) is 0. The summed E-state index contributed by atoms with van der Waals surface area (Å²) in [5, 5.41) is 27.0. The van der Waals surface area contributed by atoms with E-state index in [1.807, 2.05) is 32.7 Å². The molecule has 0 N–H and O–H groups in total. The lowest BCUT2D eigenvalue weighted by molar-refractivity contribution is 0.226. The minimum absolute atomic E-state index is 0.342. The Balaban J connectivity index is 3.20. The zero-order valence-corrected chi connectivity index (χ0v) is 19.7. The van der Waals surface area contributed by atoms with Crippen molar-refractivity contribution in [3.63, 3.8) is 0 Å². The van der Waals surface area contributed by atoms with Crippen LogP contribution in [0.15, 0.2) is 0 Å². The Bertz CT molecular complexity index is 562. The molecule has 1 rings (SSSR count). The summed E-state index contributed by atoms with van der Waals surface area (Å²) < 4.78 is 25.9. The zero-order valence-electron chi connectivity index (χ0n) is 15.7. The van der Waals surface area contributed by atoms with Crippen molar-refractivity contribution < 1.29 is 16.5 Å². The quantitative estimate of drug-likeness (QED) is 0.610. The molecule has 0 amide bonds. The van der Waals surface area contributed by atoms with Gasteiger partial charge in [0.1, 0.15) is 0 Å². The molecule has 11 heteroatoms. The van der Waals surface area contributed by atoms with Gasteiger partial charge in [0.25, 0.3) is 0 Å². The number of nitriles is 3. The van der Waals surface area contributed by atoms with Crippen LogP contribution in [0.1, 0.15) is 19.3 Å². The first-order chi connectivity index (χ1) is 11.5. The monoisotopic (exact) mass is 413 g/mol. The van der Waals surface area contributed by atoms with Gasteiger partial charge in [-0.05, 0) is 32.7 Å². The fraction of sp³-hybridized carbons (Fsp3) is 0.786. The Labute approximate surface area is 155 Å². The summed E-state index contributed by atoms with van der Waals surface area (Å²) in [7, 11) is -10.6. The average Bonchev–Trinajstić information content (AvgIpc) is 2.46. The molecule has 7 nitrogen and oxygen atoms in total. The molecule has 138 valence electrons. The molecule has 25 heavy (non-hydrogen) atoms. The normalized spacial score (nSPS) is 34.8. The molecule has 0 aromatic rings. The van der Waals surface area contributed by atoms with Gasteiger partial charge < -0.3 is 16.5 Å². The van der Waals surface area contributed by atoms with E-state index in [2.05, 4.69) is 18.2 Å². The van der Waals surface area contributed by atoms with E-state index in [0.29, 0.717) is 37.4 Å². The van der Waals surface area contributed by atoms with Crippen molar-refractivity contribution in [2.24, 2.45) is 0 Å². The van der Waals surface area contributed by atoms with E-state index >= 15 is 0 Å². The Morgan fingerprint density at radius 1 is 0.560 bits per heavy atom. The van der Waals surface area contributed by atoms with Crippen LogP contribution in [0.25, 0.3) is 0 Å². The van der Waals surface area contributed by atoms with Gasteiger partial charge in [0.15, 0.2) is 0 Å². The van der Waals surface area contributed by atoms with Gasteiger partial charge in [-0.1, -0.05) is 0 Å². The van der Waals surface area contributed by atoms with Gasteiger partial charge in [-0.2, -0.15) is 15.8 Å². The number of rotatable bonds is 6. The molecular formula is C14H27N3O4Si4. The second kappa shape index (κ2) is 8.71. The van der Waals surface area contributed by atoms with Crippen LogP contribution in [0, 0.1) is 34.0 Å². The van der Waals surface area contributed by atoms with Gasteiger partial charge in [-0.3, -0.25) is 0 Å². The van der Waals surface area contributed by atoms with Crippen LogP contribution in [0.3, 0.4) is 0 Å². The Kier molecular flexibility index (Phi) is 7.74. The van der Waals surface area contributed by atoms with E-state index in [9.17, 15) is 0 Å². The van der Waals surface area contributed by atoms with Gasteiger partial charge >= 0.3 is 34.2 Å². The number of nitrogens with zero attached hydrogens (tertiary/aromatic N) is 3. The van der Waals surface area contributed by atoms with E-state index in [-0.39, 0.29) is 0 Å². The van der Waals surface area contributed by atoms with Crippen LogP contribution in [0.4, 0.5) is 0 Å². The molecule has 1 aliphatic rings.